The van der Waals surface area contributed by atoms with Gasteiger partial charge in [-0.3, -0.25) is 0 Å². The highest BCUT2D eigenvalue weighted by Crippen LogP contribution is 2.13. The molecule has 5 heteroatoms. The number of hydrogen-bond donors (Lipinski definition) is 3. The normalized spacial score (nSPS) is 11.6. The average Bonchev–Trinajstić information content (AvgIpc) is 2.46. The molecule has 1 atom stereocenters. The molecule has 0 aromatic heterocycles. The number of aryl methyl sites for hydroxylation is 2. The van der Waals surface area contributed by atoms with Gasteiger partial charge in [-0.2, -0.15) is 0 Å². The molecule has 0 bridgehead atoms. The lowest BCUT2D eigenvalue weighted by molar-refractivity contribution is -0.139. The van der Waals surface area contributed by atoms with Gasteiger partial charge in [0.2, 0.25) is 0 Å². The molecule has 0 saturated carbocycles. The highest BCUT2D eigenvalue weighted by atomic mass is 16.4. The Labute approximate surface area is 135 Å². The number of carboxylic acid groups (broad SMARTS) is 1. The van der Waals surface area contributed by atoms with E-state index in [0.717, 1.165) is 16.7 Å². The Kier molecular flexibility index (Phi) is 5.36. The van der Waals surface area contributed by atoms with Crippen molar-refractivity contribution in [2.45, 2.75) is 26.3 Å². The molecule has 2 aromatic carbocycles. The summed E-state index contributed by atoms with van der Waals surface area (Å²) in [7, 11) is 0. The predicted octanol–water partition coefficient (Wildman–Crippen LogP) is 3.12. The molecule has 2 rings (SSSR count). The number of benzene rings is 2. The molecular formula is C18H20N2O3. The summed E-state index contributed by atoms with van der Waals surface area (Å²) >= 11 is 0. The molecule has 0 aliphatic heterocycles. The van der Waals surface area contributed by atoms with Crippen LogP contribution in [0.25, 0.3) is 0 Å². The van der Waals surface area contributed by atoms with Crippen LogP contribution in [0.5, 0.6) is 0 Å². The standard InChI is InChI=1S/C18H20N2O3/c1-12-8-13(2)10-15(9-12)19-18(23)20-16(17(21)22)11-14-6-4-3-5-7-14/h3-10,16H,11H2,1-2H3,(H,21,22)(H2,19,20,23). The molecule has 0 spiro atoms. The minimum absolute atomic E-state index is 0.233. The van der Waals surface area contributed by atoms with Gasteiger partial charge < -0.3 is 15.7 Å². The second-order valence-electron chi connectivity index (χ2n) is 5.56. The molecule has 0 heterocycles. The van der Waals surface area contributed by atoms with Crippen LogP contribution in [0.1, 0.15) is 16.7 Å². The zero-order valence-electron chi connectivity index (χ0n) is 13.2. The van der Waals surface area contributed by atoms with Crippen molar-refractivity contribution >= 4 is 17.7 Å². The highest BCUT2D eigenvalue weighted by molar-refractivity contribution is 5.92. The van der Waals surface area contributed by atoms with Crippen LogP contribution in [0.2, 0.25) is 0 Å². The summed E-state index contributed by atoms with van der Waals surface area (Å²) in [5.74, 6) is -1.07. The van der Waals surface area contributed by atoms with Gasteiger partial charge in [-0.15, -0.1) is 0 Å². The molecule has 2 amide bonds. The minimum atomic E-state index is -1.07. The monoisotopic (exact) mass is 312 g/mol. The van der Waals surface area contributed by atoms with E-state index in [1.54, 1.807) is 0 Å². The van der Waals surface area contributed by atoms with Crippen molar-refractivity contribution in [3.8, 4) is 0 Å². The van der Waals surface area contributed by atoms with Gasteiger partial charge in [-0.25, -0.2) is 9.59 Å². The third-order valence-corrected chi connectivity index (χ3v) is 3.37. The number of carboxylic acids is 1. The highest BCUT2D eigenvalue weighted by Gasteiger charge is 2.20. The lowest BCUT2D eigenvalue weighted by Crippen LogP contribution is -2.44. The van der Waals surface area contributed by atoms with Gasteiger partial charge in [-0.1, -0.05) is 36.4 Å². The van der Waals surface area contributed by atoms with E-state index in [0.29, 0.717) is 5.69 Å². The summed E-state index contributed by atoms with van der Waals surface area (Å²) in [6, 6.07) is 13.4. The molecule has 0 saturated heterocycles. The Morgan fingerprint density at radius 1 is 1.04 bits per heavy atom. The van der Waals surface area contributed by atoms with Crippen LogP contribution in [0.3, 0.4) is 0 Å². The van der Waals surface area contributed by atoms with E-state index >= 15 is 0 Å². The Morgan fingerprint density at radius 3 is 2.22 bits per heavy atom. The van der Waals surface area contributed by atoms with Crippen molar-refractivity contribution in [2.24, 2.45) is 0 Å². The molecule has 0 aliphatic rings. The zero-order valence-corrected chi connectivity index (χ0v) is 13.2. The Balaban J connectivity index is 2.02. The summed E-state index contributed by atoms with van der Waals surface area (Å²) in [5.41, 5.74) is 3.55. The lowest BCUT2D eigenvalue weighted by atomic mass is 10.1. The van der Waals surface area contributed by atoms with Crippen LogP contribution in [0.4, 0.5) is 10.5 Å². The first-order valence-corrected chi connectivity index (χ1v) is 7.36. The number of aliphatic carboxylic acids is 1. The molecular weight excluding hydrogens is 292 g/mol. The smallest absolute Gasteiger partial charge is 0.326 e. The fourth-order valence-corrected chi connectivity index (χ4v) is 2.42. The van der Waals surface area contributed by atoms with Gasteiger partial charge in [0.1, 0.15) is 6.04 Å². The van der Waals surface area contributed by atoms with Gasteiger partial charge >= 0.3 is 12.0 Å². The van der Waals surface area contributed by atoms with E-state index in [-0.39, 0.29) is 6.42 Å². The molecule has 0 fully saturated rings. The number of nitrogens with one attached hydrogen (secondary N) is 2. The molecule has 0 radical (unpaired) electrons. The summed E-state index contributed by atoms with van der Waals surface area (Å²) in [5, 5.41) is 14.5. The van der Waals surface area contributed by atoms with Crippen molar-refractivity contribution in [3.05, 3.63) is 65.2 Å². The van der Waals surface area contributed by atoms with Crippen LogP contribution < -0.4 is 10.6 Å². The van der Waals surface area contributed by atoms with Gasteiger partial charge in [0.15, 0.2) is 0 Å². The number of anilines is 1. The Bertz CT molecular complexity index is 678. The Morgan fingerprint density at radius 2 is 1.65 bits per heavy atom. The zero-order chi connectivity index (χ0) is 16.8. The van der Waals surface area contributed by atoms with E-state index in [9.17, 15) is 14.7 Å². The SMILES string of the molecule is Cc1cc(C)cc(NC(=O)NC(Cc2ccccc2)C(=O)O)c1. The van der Waals surface area contributed by atoms with Crippen LogP contribution in [0, 0.1) is 13.8 Å². The predicted molar refractivity (Wildman–Crippen MR) is 89.6 cm³/mol. The fraction of sp³-hybridized carbons (Fsp3) is 0.222. The van der Waals surface area contributed by atoms with Crippen molar-refractivity contribution in [3.63, 3.8) is 0 Å². The van der Waals surface area contributed by atoms with Crippen LogP contribution in [-0.2, 0) is 11.2 Å². The van der Waals surface area contributed by atoms with E-state index in [2.05, 4.69) is 10.6 Å². The van der Waals surface area contributed by atoms with Crippen molar-refractivity contribution < 1.29 is 14.7 Å². The number of rotatable bonds is 5. The maximum atomic E-state index is 12.1. The first kappa shape index (κ1) is 16.5. The minimum Gasteiger partial charge on any atom is -0.480 e. The second-order valence-corrected chi connectivity index (χ2v) is 5.56. The van der Waals surface area contributed by atoms with E-state index in [4.69, 9.17) is 0 Å². The van der Waals surface area contributed by atoms with Crippen LogP contribution in [0.15, 0.2) is 48.5 Å². The number of carbonyl (C=O) groups is 2. The average molecular weight is 312 g/mol. The van der Waals surface area contributed by atoms with E-state index in [1.165, 1.54) is 0 Å². The Hall–Kier alpha value is -2.82. The summed E-state index contributed by atoms with van der Waals surface area (Å²) in [4.78, 5) is 23.4. The molecule has 1 unspecified atom stereocenters. The van der Waals surface area contributed by atoms with E-state index < -0.39 is 18.0 Å². The maximum Gasteiger partial charge on any atom is 0.326 e. The van der Waals surface area contributed by atoms with Gasteiger partial charge in [0.05, 0.1) is 0 Å². The molecule has 3 N–H and O–H groups in total. The summed E-state index contributed by atoms with van der Waals surface area (Å²) in [6.07, 6.45) is 0.233. The molecule has 2 aromatic rings. The molecule has 120 valence electrons. The number of hydrogen-bond acceptors (Lipinski definition) is 2. The first-order valence-electron chi connectivity index (χ1n) is 7.36. The van der Waals surface area contributed by atoms with Crippen molar-refractivity contribution in [2.75, 3.05) is 5.32 Å². The molecule has 5 nitrogen and oxygen atoms in total. The van der Waals surface area contributed by atoms with Crippen molar-refractivity contribution in [1.29, 1.82) is 0 Å². The topological polar surface area (TPSA) is 78.4 Å². The van der Waals surface area contributed by atoms with Gasteiger partial charge in [0, 0.05) is 12.1 Å². The lowest BCUT2D eigenvalue weighted by Gasteiger charge is -2.15. The summed E-state index contributed by atoms with van der Waals surface area (Å²) in [6.45, 7) is 3.87. The number of urea groups is 1. The fourth-order valence-electron chi connectivity index (χ4n) is 2.42. The number of carbonyl (C=O) groups excluding carboxylic acids is 1. The number of amides is 2. The second kappa shape index (κ2) is 7.45. The van der Waals surface area contributed by atoms with Crippen LogP contribution >= 0.6 is 0 Å². The third kappa shape index (κ3) is 5.14. The maximum absolute atomic E-state index is 12.1. The largest absolute Gasteiger partial charge is 0.480 e. The first-order chi connectivity index (χ1) is 10.9. The van der Waals surface area contributed by atoms with Crippen LogP contribution in [-0.4, -0.2) is 23.1 Å². The molecule has 0 aliphatic carbocycles. The quantitative estimate of drug-likeness (QED) is 0.793. The van der Waals surface area contributed by atoms with Crippen molar-refractivity contribution in [1.82, 2.24) is 5.32 Å². The third-order valence-electron chi connectivity index (χ3n) is 3.37. The summed E-state index contributed by atoms with van der Waals surface area (Å²) < 4.78 is 0. The van der Waals surface area contributed by atoms with E-state index in [1.807, 2.05) is 62.4 Å². The van der Waals surface area contributed by atoms with Gasteiger partial charge in [0.25, 0.3) is 0 Å². The molecule has 23 heavy (non-hydrogen) atoms. The van der Waals surface area contributed by atoms with Gasteiger partial charge in [-0.05, 0) is 42.7 Å².